The van der Waals surface area contributed by atoms with Crippen molar-refractivity contribution in [3.8, 4) is 16.9 Å². The average molecular weight is 422 g/mol. The fourth-order valence-corrected chi connectivity index (χ4v) is 4.93. The SMILES string of the molecule is CC1=CC(C)(C)Nc2ccc3c(c21)[C@H](c1cccc(Cl)c1)Oc1ccc(Cl)cc1-3. The van der Waals surface area contributed by atoms with Crippen LogP contribution in [0.5, 0.6) is 5.75 Å². The minimum atomic E-state index is -0.251. The molecule has 0 unspecified atom stereocenters. The highest BCUT2D eigenvalue weighted by molar-refractivity contribution is 6.31. The number of halogens is 2. The van der Waals surface area contributed by atoms with E-state index in [-0.39, 0.29) is 11.6 Å². The van der Waals surface area contributed by atoms with E-state index < -0.39 is 0 Å². The van der Waals surface area contributed by atoms with Crippen LogP contribution in [-0.2, 0) is 0 Å². The number of ether oxygens (including phenoxy) is 1. The standard InChI is InChI=1S/C25H21Cl2NO/c1-14-13-25(2,3)28-20-9-8-18-19-12-17(27)7-10-21(19)29-24(23(18)22(14)20)15-5-4-6-16(26)11-15/h4-13,24,28H,1-3H3/t24-/m0/s1. The number of hydrogen-bond donors (Lipinski definition) is 1. The van der Waals surface area contributed by atoms with Crippen molar-refractivity contribution in [2.24, 2.45) is 0 Å². The molecular formula is C25H21Cl2NO. The van der Waals surface area contributed by atoms with E-state index >= 15 is 0 Å². The molecule has 2 nitrogen and oxygen atoms in total. The van der Waals surface area contributed by atoms with Crippen molar-refractivity contribution in [3.05, 3.63) is 87.4 Å². The van der Waals surface area contributed by atoms with Crippen molar-refractivity contribution >= 4 is 34.5 Å². The van der Waals surface area contributed by atoms with E-state index in [2.05, 4.69) is 50.4 Å². The van der Waals surface area contributed by atoms with Crippen LogP contribution in [0, 0.1) is 0 Å². The zero-order valence-electron chi connectivity index (χ0n) is 16.5. The molecule has 0 aliphatic carbocycles. The van der Waals surface area contributed by atoms with E-state index in [1.807, 2.05) is 36.4 Å². The molecule has 2 aliphatic rings. The number of fused-ring (bicyclic) bond motifs is 5. The smallest absolute Gasteiger partial charge is 0.150 e. The van der Waals surface area contributed by atoms with Gasteiger partial charge >= 0.3 is 0 Å². The number of rotatable bonds is 1. The molecule has 4 heteroatoms. The van der Waals surface area contributed by atoms with Gasteiger partial charge in [-0.2, -0.15) is 0 Å². The first-order chi connectivity index (χ1) is 13.8. The number of hydrogen-bond acceptors (Lipinski definition) is 2. The first-order valence-electron chi connectivity index (χ1n) is 9.69. The first kappa shape index (κ1) is 18.6. The van der Waals surface area contributed by atoms with E-state index in [4.69, 9.17) is 27.9 Å². The average Bonchev–Trinajstić information content (AvgIpc) is 2.65. The van der Waals surface area contributed by atoms with Crippen LogP contribution in [0.1, 0.15) is 43.6 Å². The topological polar surface area (TPSA) is 21.3 Å². The third-order valence-electron chi connectivity index (χ3n) is 5.56. The Morgan fingerprint density at radius 1 is 0.931 bits per heavy atom. The number of allylic oxidation sites excluding steroid dienone is 1. The first-order valence-corrected chi connectivity index (χ1v) is 10.4. The Kier molecular flexibility index (Phi) is 4.20. The van der Waals surface area contributed by atoms with Crippen molar-refractivity contribution < 1.29 is 4.74 Å². The van der Waals surface area contributed by atoms with Gasteiger partial charge in [0.2, 0.25) is 0 Å². The summed E-state index contributed by atoms with van der Waals surface area (Å²) < 4.78 is 6.55. The Hall–Kier alpha value is -2.42. The van der Waals surface area contributed by atoms with Crippen LogP contribution < -0.4 is 10.1 Å². The van der Waals surface area contributed by atoms with E-state index in [1.165, 1.54) is 11.1 Å². The predicted molar refractivity (Wildman–Crippen MR) is 122 cm³/mol. The third-order valence-corrected chi connectivity index (χ3v) is 6.03. The Balaban J connectivity index is 1.82. The van der Waals surface area contributed by atoms with Crippen LogP contribution >= 0.6 is 23.2 Å². The molecule has 2 aliphatic heterocycles. The van der Waals surface area contributed by atoms with Crippen LogP contribution in [0.15, 0.2) is 60.7 Å². The molecule has 0 saturated carbocycles. The van der Waals surface area contributed by atoms with Crippen molar-refractivity contribution in [2.75, 3.05) is 5.32 Å². The van der Waals surface area contributed by atoms with Crippen molar-refractivity contribution in [1.82, 2.24) is 0 Å². The maximum absolute atomic E-state index is 6.55. The molecule has 5 rings (SSSR count). The highest BCUT2D eigenvalue weighted by Gasteiger charge is 2.34. The zero-order chi connectivity index (χ0) is 20.3. The Bertz CT molecular complexity index is 1180. The lowest BCUT2D eigenvalue weighted by Gasteiger charge is -2.37. The summed E-state index contributed by atoms with van der Waals surface area (Å²) in [5.41, 5.74) is 7.79. The molecule has 3 aromatic carbocycles. The van der Waals surface area contributed by atoms with Gasteiger partial charge in [0.1, 0.15) is 5.75 Å². The second-order valence-corrected chi connectivity index (χ2v) is 9.19. The summed E-state index contributed by atoms with van der Waals surface area (Å²) in [4.78, 5) is 0. The minimum absolute atomic E-state index is 0.104. The second kappa shape index (κ2) is 6.55. The van der Waals surface area contributed by atoms with Gasteiger partial charge in [-0.25, -0.2) is 0 Å². The van der Waals surface area contributed by atoms with Crippen LogP contribution in [0.2, 0.25) is 10.0 Å². The van der Waals surface area contributed by atoms with E-state index in [9.17, 15) is 0 Å². The fraction of sp³-hybridized carbons (Fsp3) is 0.200. The molecule has 146 valence electrons. The lowest BCUT2D eigenvalue weighted by molar-refractivity contribution is 0.243. The van der Waals surface area contributed by atoms with Crippen molar-refractivity contribution in [3.63, 3.8) is 0 Å². The van der Waals surface area contributed by atoms with Gasteiger partial charge in [-0.1, -0.05) is 47.5 Å². The molecule has 0 spiro atoms. The maximum atomic E-state index is 6.55. The van der Waals surface area contributed by atoms with Gasteiger partial charge in [0, 0.05) is 32.4 Å². The Morgan fingerprint density at radius 2 is 1.72 bits per heavy atom. The van der Waals surface area contributed by atoms with Crippen LogP contribution in [0.4, 0.5) is 5.69 Å². The minimum Gasteiger partial charge on any atom is -0.480 e. The normalized spacial score (nSPS) is 18.5. The quantitative estimate of drug-likeness (QED) is 0.433. The summed E-state index contributed by atoms with van der Waals surface area (Å²) in [6.07, 6.45) is 2.02. The fourth-order valence-electron chi connectivity index (χ4n) is 4.56. The molecule has 1 atom stereocenters. The molecule has 0 fully saturated rings. The number of nitrogens with one attached hydrogen (secondary N) is 1. The Labute approximate surface area is 181 Å². The molecule has 0 amide bonds. The molecule has 2 heterocycles. The summed E-state index contributed by atoms with van der Waals surface area (Å²) in [6.45, 7) is 6.53. The van der Waals surface area contributed by atoms with Crippen LogP contribution in [0.25, 0.3) is 16.7 Å². The van der Waals surface area contributed by atoms with Gasteiger partial charge in [0.05, 0.1) is 5.54 Å². The molecular weight excluding hydrogens is 401 g/mol. The molecule has 29 heavy (non-hydrogen) atoms. The van der Waals surface area contributed by atoms with Gasteiger partial charge in [0.25, 0.3) is 0 Å². The summed E-state index contributed by atoms with van der Waals surface area (Å²) >= 11 is 12.7. The second-order valence-electron chi connectivity index (χ2n) is 8.32. The summed E-state index contributed by atoms with van der Waals surface area (Å²) in [7, 11) is 0. The highest BCUT2D eigenvalue weighted by atomic mass is 35.5. The van der Waals surface area contributed by atoms with E-state index in [0.717, 1.165) is 33.7 Å². The molecule has 0 bridgehead atoms. The molecule has 0 aromatic heterocycles. The third kappa shape index (κ3) is 3.11. The summed E-state index contributed by atoms with van der Waals surface area (Å²) in [5, 5.41) is 5.05. The van der Waals surface area contributed by atoms with Crippen LogP contribution in [0.3, 0.4) is 0 Å². The molecule has 0 saturated heterocycles. The van der Waals surface area contributed by atoms with Gasteiger partial charge in [-0.3, -0.25) is 0 Å². The molecule has 3 aromatic rings. The van der Waals surface area contributed by atoms with Gasteiger partial charge < -0.3 is 10.1 Å². The van der Waals surface area contributed by atoms with Gasteiger partial charge in [0.15, 0.2) is 6.10 Å². The maximum Gasteiger partial charge on any atom is 0.150 e. The van der Waals surface area contributed by atoms with Gasteiger partial charge in [-0.15, -0.1) is 0 Å². The van der Waals surface area contributed by atoms with Crippen LogP contribution in [-0.4, -0.2) is 5.54 Å². The lowest BCUT2D eigenvalue weighted by Crippen LogP contribution is -2.32. The van der Waals surface area contributed by atoms with Crippen molar-refractivity contribution in [2.45, 2.75) is 32.4 Å². The monoisotopic (exact) mass is 421 g/mol. The largest absolute Gasteiger partial charge is 0.480 e. The number of anilines is 1. The predicted octanol–water partition coefficient (Wildman–Crippen LogP) is 7.75. The molecule has 1 N–H and O–H groups in total. The zero-order valence-corrected chi connectivity index (χ0v) is 18.0. The Morgan fingerprint density at radius 3 is 2.52 bits per heavy atom. The van der Waals surface area contributed by atoms with E-state index in [0.29, 0.717) is 10.0 Å². The van der Waals surface area contributed by atoms with Crippen molar-refractivity contribution in [1.29, 1.82) is 0 Å². The summed E-state index contributed by atoms with van der Waals surface area (Å²) in [5.74, 6) is 0.831. The highest BCUT2D eigenvalue weighted by Crippen LogP contribution is 2.51. The molecule has 0 radical (unpaired) electrons. The van der Waals surface area contributed by atoms with Gasteiger partial charge in [-0.05, 0) is 73.9 Å². The summed E-state index contributed by atoms with van der Waals surface area (Å²) in [6, 6.07) is 18.0. The van der Waals surface area contributed by atoms with E-state index in [1.54, 1.807) is 0 Å². The number of benzene rings is 3. The lowest BCUT2D eigenvalue weighted by atomic mass is 9.80.